The van der Waals surface area contributed by atoms with Gasteiger partial charge < -0.3 is 19.8 Å². The number of carboxylic acid groups (broad SMARTS) is 2. The fourth-order valence-electron chi connectivity index (χ4n) is 0.236. The van der Waals surface area contributed by atoms with Gasteiger partial charge in [-0.15, -0.1) is 0 Å². The molecule has 55 valence electrons. The minimum Gasteiger partial charge on any atom is -0.545 e. The molecule has 5 heteroatoms. The van der Waals surface area contributed by atoms with Gasteiger partial charge in [-0.3, -0.25) is 0 Å². The van der Waals surface area contributed by atoms with Gasteiger partial charge in [-0.2, -0.15) is 0 Å². The molecule has 0 spiro atoms. The van der Waals surface area contributed by atoms with Crippen molar-refractivity contribution in [1.82, 2.24) is 0 Å². The molecular weight excluding hydrogens is 179 g/mol. The number of hydrogen-bond acceptors (Lipinski definition) is 4. The Hall–Kier alpha value is -0.801. The van der Waals surface area contributed by atoms with Gasteiger partial charge in [0.25, 0.3) is 0 Å². The summed E-state index contributed by atoms with van der Waals surface area (Å²) in [5, 5.41) is 19.4. The van der Waals surface area contributed by atoms with Crippen molar-refractivity contribution >= 4 is 11.9 Å². The fourth-order valence-corrected chi connectivity index (χ4v) is 0.236. The van der Waals surface area contributed by atoms with E-state index in [-0.39, 0.29) is 22.6 Å². The summed E-state index contributed by atoms with van der Waals surface area (Å²) in [6.45, 7) is 1.12. The number of carboxylic acids is 2. The van der Waals surface area contributed by atoms with E-state index in [0.717, 1.165) is 6.92 Å². The van der Waals surface area contributed by atoms with Crippen molar-refractivity contribution in [3.63, 3.8) is 0 Å². The molecule has 0 saturated heterocycles. The first-order valence-corrected chi connectivity index (χ1v) is 2.14. The van der Waals surface area contributed by atoms with E-state index in [0.29, 0.717) is 6.08 Å². The van der Waals surface area contributed by atoms with E-state index in [2.05, 4.69) is 0 Å². The van der Waals surface area contributed by atoms with Crippen LogP contribution in [0.3, 0.4) is 0 Å². The van der Waals surface area contributed by atoms with E-state index < -0.39 is 11.9 Å². The van der Waals surface area contributed by atoms with Gasteiger partial charge in [0.15, 0.2) is 0 Å². The summed E-state index contributed by atoms with van der Waals surface area (Å²) >= 11 is 0. The Balaban J connectivity index is 0. The van der Waals surface area contributed by atoms with Gasteiger partial charge in [0.2, 0.25) is 0 Å². The Morgan fingerprint density at radius 1 is 1.30 bits per heavy atom. The van der Waals surface area contributed by atoms with Crippen LogP contribution in [0.4, 0.5) is 0 Å². The zero-order valence-electron chi connectivity index (χ0n) is 5.09. The van der Waals surface area contributed by atoms with E-state index in [4.69, 9.17) is 0 Å². The summed E-state index contributed by atoms with van der Waals surface area (Å²) in [4.78, 5) is 19.4. The topological polar surface area (TPSA) is 80.3 Å². The third-order valence-corrected chi connectivity index (χ3v) is 0.656. The molecule has 0 aromatic rings. The van der Waals surface area contributed by atoms with Gasteiger partial charge >= 0.3 is 17.1 Å². The maximum atomic E-state index is 9.76. The Morgan fingerprint density at radius 2 is 1.70 bits per heavy atom. The zero-order valence-corrected chi connectivity index (χ0v) is 6.27. The van der Waals surface area contributed by atoms with Gasteiger partial charge in [-0.25, -0.2) is 0 Å². The summed E-state index contributed by atoms with van der Waals surface area (Å²) in [6.07, 6.45) is 0.468. The van der Waals surface area contributed by atoms with Crippen LogP contribution in [-0.4, -0.2) is 11.9 Å². The second kappa shape index (κ2) is 5.02. The molecular formula is C5H4MnO4. The van der Waals surface area contributed by atoms with Crippen LogP contribution in [-0.2, 0) is 26.7 Å². The standard InChI is InChI=1S/C5H6O4.Mn/c1-3(5(8)9)2-4(6)7;/h2H,1H3,(H,6,7)(H,8,9);/q;+2/p-2/b3-2-;. The number of hydrogen-bond donors (Lipinski definition) is 0. The maximum absolute atomic E-state index is 9.76. The van der Waals surface area contributed by atoms with Gasteiger partial charge in [-0.1, -0.05) is 0 Å². The summed E-state index contributed by atoms with van der Waals surface area (Å²) in [5.41, 5.74) is -0.352. The first-order valence-electron chi connectivity index (χ1n) is 2.14. The van der Waals surface area contributed by atoms with Gasteiger partial charge in [-0.05, 0) is 18.6 Å². The molecule has 0 bridgehead atoms. The van der Waals surface area contributed by atoms with Crippen LogP contribution in [0.2, 0.25) is 0 Å². The molecule has 0 aromatic heterocycles. The van der Waals surface area contributed by atoms with Crippen molar-refractivity contribution in [2.75, 3.05) is 0 Å². The molecule has 0 aliphatic rings. The van der Waals surface area contributed by atoms with Crippen LogP contribution >= 0.6 is 0 Å². The molecule has 0 unspecified atom stereocenters. The monoisotopic (exact) mass is 183 g/mol. The van der Waals surface area contributed by atoms with E-state index in [1.807, 2.05) is 0 Å². The quantitative estimate of drug-likeness (QED) is 0.348. The number of carbonyl (C=O) groups is 2. The van der Waals surface area contributed by atoms with E-state index >= 15 is 0 Å². The third-order valence-electron chi connectivity index (χ3n) is 0.656. The van der Waals surface area contributed by atoms with Crippen molar-refractivity contribution in [1.29, 1.82) is 0 Å². The summed E-state index contributed by atoms with van der Waals surface area (Å²) in [5.74, 6) is -3.03. The van der Waals surface area contributed by atoms with Gasteiger partial charge in [0.05, 0.1) is 11.9 Å². The molecule has 0 aromatic carbocycles. The normalized spacial score (nSPS) is 9.90. The molecule has 0 atom stereocenters. The zero-order chi connectivity index (χ0) is 7.44. The average Bonchev–Trinajstić information content (AvgIpc) is 1.63. The average molecular weight is 183 g/mol. The first-order chi connectivity index (χ1) is 4.04. The maximum Gasteiger partial charge on any atom is 2.00 e. The molecule has 0 saturated carbocycles. The Bertz CT molecular complexity index is 172. The van der Waals surface area contributed by atoms with Gasteiger partial charge in [0, 0.05) is 0 Å². The largest absolute Gasteiger partial charge is 2.00 e. The predicted molar refractivity (Wildman–Crippen MR) is 23.8 cm³/mol. The Kier molecular flexibility index (Phi) is 5.99. The van der Waals surface area contributed by atoms with Crippen LogP contribution in [0, 0.1) is 0 Å². The minimum atomic E-state index is -1.53. The molecule has 0 heterocycles. The van der Waals surface area contributed by atoms with Crippen molar-refractivity contribution < 1.29 is 36.9 Å². The number of rotatable bonds is 2. The van der Waals surface area contributed by atoms with Crippen molar-refractivity contribution in [3.8, 4) is 0 Å². The molecule has 4 nitrogen and oxygen atoms in total. The number of carbonyl (C=O) groups excluding carboxylic acids is 2. The van der Waals surface area contributed by atoms with Crippen molar-refractivity contribution in [2.45, 2.75) is 6.92 Å². The third kappa shape index (κ3) is 5.34. The van der Waals surface area contributed by atoms with E-state index in [1.165, 1.54) is 0 Å². The summed E-state index contributed by atoms with van der Waals surface area (Å²) in [6, 6.07) is 0. The van der Waals surface area contributed by atoms with E-state index in [9.17, 15) is 19.8 Å². The molecule has 10 heavy (non-hydrogen) atoms. The fraction of sp³-hybridized carbons (Fsp3) is 0.200. The summed E-state index contributed by atoms with van der Waals surface area (Å²) in [7, 11) is 0. The van der Waals surface area contributed by atoms with Crippen LogP contribution < -0.4 is 10.2 Å². The second-order valence-electron chi connectivity index (χ2n) is 1.43. The molecule has 0 fully saturated rings. The second-order valence-corrected chi connectivity index (χ2v) is 1.43. The minimum absolute atomic E-state index is 0. The van der Waals surface area contributed by atoms with Crippen LogP contribution in [0.1, 0.15) is 6.92 Å². The van der Waals surface area contributed by atoms with Gasteiger partial charge in [0.1, 0.15) is 0 Å². The summed E-state index contributed by atoms with van der Waals surface area (Å²) < 4.78 is 0. The van der Waals surface area contributed by atoms with Crippen LogP contribution in [0.25, 0.3) is 0 Å². The molecule has 0 rings (SSSR count). The molecule has 0 N–H and O–H groups in total. The first kappa shape index (κ1) is 11.9. The smallest absolute Gasteiger partial charge is 0.545 e. The predicted octanol–water partition coefficient (Wildman–Crippen LogP) is -2.57. The number of aliphatic carboxylic acids is 2. The van der Waals surface area contributed by atoms with Crippen molar-refractivity contribution in [3.05, 3.63) is 11.6 Å². The van der Waals surface area contributed by atoms with Crippen LogP contribution in [0.15, 0.2) is 11.6 Å². The molecule has 1 radical (unpaired) electrons. The Labute approximate surface area is 68.0 Å². The van der Waals surface area contributed by atoms with Crippen LogP contribution in [0.5, 0.6) is 0 Å². The molecule has 0 amide bonds. The van der Waals surface area contributed by atoms with Crippen molar-refractivity contribution in [2.24, 2.45) is 0 Å². The molecule has 0 aliphatic carbocycles. The Morgan fingerprint density at radius 3 is 1.80 bits per heavy atom. The molecule has 0 aliphatic heterocycles. The SMILES string of the molecule is C/C(=C/C(=O)[O-])C(=O)[O-].[Mn+2]. The van der Waals surface area contributed by atoms with E-state index in [1.54, 1.807) is 0 Å².